The molecule has 2 saturated carbocycles. The summed E-state index contributed by atoms with van der Waals surface area (Å²) in [7, 11) is 1.55. The number of hydrogen-bond acceptors (Lipinski definition) is 7. The zero-order valence-electron chi connectivity index (χ0n) is 19.4. The van der Waals surface area contributed by atoms with Gasteiger partial charge in [-0.05, 0) is 43.9 Å². The van der Waals surface area contributed by atoms with Crippen LogP contribution in [0.3, 0.4) is 0 Å². The van der Waals surface area contributed by atoms with Gasteiger partial charge < -0.3 is 33.7 Å². The minimum atomic E-state index is -0.893. The van der Waals surface area contributed by atoms with E-state index in [1.165, 1.54) is 6.42 Å². The molecule has 0 radical (unpaired) electrons. The van der Waals surface area contributed by atoms with E-state index in [1.54, 1.807) is 25.3 Å². The molecule has 1 aromatic rings. The van der Waals surface area contributed by atoms with E-state index in [0.29, 0.717) is 16.5 Å². The molecule has 1 aromatic carbocycles. The first-order chi connectivity index (χ1) is 16.5. The molecule has 1 N–H and O–H groups in total. The van der Waals surface area contributed by atoms with Crippen LogP contribution in [-0.4, -0.2) is 55.3 Å². The van der Waals surface area contributed by atoms with Crippen molar-refractivity contribution < 1.29 is 33.2 Å². The number of benzene rings is 1. The van der Waals surface area contributed by atoms with Crippen LogP contribution in [0.4, 0.5) is 5.69 Å². The van der Waals surface area contributed by atoms with Crippen molar-refractivity contribution in [3.05, 3.63) is 23.2 Å². The first kappa shape index (κ1) is 23.0. The highest BCUT2D eigenvalue weighted by Gasteiger charge is 2.65. The summed E-state index contributed by atoms with van der Waals surface area (Å²) in [4.78, 5) is 13.5. The van der Waals surface area contributed by atoms with E-state index >= 15 is 0 Å². The molecule has 2 aliphatic carbocycles. The molecule has 186 valence electrons. The first-order valence-electron chi connectivity index (χ1n) is 12.5. The average Bonchev–Trinajstić information content (AvgIpc) is 3.37. The van der Waals surface area contributed by atoms with Crippen LogP contribution in [0.5, 0.6) is 5.75 Å². The zero-order chi connectivity index (χ0) is 23.3. The summed E-state index contributed by atoms with van der Waals surface area (Å²) in [6.45, 7) is 0. The van der Waals surface area contributed by atoms with Crippen molar-refractivity contribution in [3.63, 3.8) is 0 Å². The number of hydrogen-bond donors (Lipinski definition) is 1. The maximum Gasteiger partial charge on any atom is 0.256 e. The number of anilines is 1. The number of ether oxygens (including phenoxy) is 6. The molecule has 0 bridgehead atoms. The van der Waals surface area contributed by atoms with Gasteiger partial charge in [-0.2, -0.15) is 0 Å². The predicted molar refractivity (Wildman–Crippen MR) is 123 cm³/mol. The van der Waals surface area contributed by atoms with Gasteiger partial charge in [0, 0.05) is 31.4 Å². The summed E-state index contributed by atoms with van der Waals surface area (Å²) in [6, 6.07) is 5.11. The van der Waals surface area contributed by atoms with Gasteiger partial charge in [-0.25, -0.2) is 0 Å². The van der Waals surface area contributed by atoms with Gasteiger partial charge in [0.05, 0.1) is 12.1 Å². The fourth-order valence-electron chi connectivity index (χ4n) is 6.13. The molecule has 5 fully saturated rings. The van der Waals surface area contributed by atoms with Crippen molar-refractivity contribution in [1.82, 2.24) is 0 Å². The van der Waals surface area contributed by atoms with Crippen LogP contribution in [0.2, 0.25) is 5.02 Å². The monoisotopic (exact) mass is 493 g/mol. The van der Waals surface area contributed by atoms with E-state index in [-0.39, 0.29) is 5.91 Å². The standard InChI is InChI=1S/C25H32ClNO7/c1-29-17-9-8-15(14-16(17)26)27-22(28)20-18-19(32-24(31-18)10-4-2-5-11-24)21-23(30-20)34-25(33-21)12-6-3-7-13-25/h8-9,14,18-21,23H,2-7,10-13H2,1H3,(H,27,28)/t18-,19+,20-,21-,23-/m1/s1. The lowest BCUT2D eigenvalue weighted by Gasteiger charge is -2.36. The summed E-state index contributed by atoms with van der Waals surface area (Å²) < 4.78 is 37.5. The van der Waals surface area contributed by atoms with Gasteiger partial charge >= 0.3 is 0 Å². The second-order valence-corrected chi connectivity index (χ2v) is 10.5. The lowest BCUT2D eigenvalue weighted by Crippen LogP contribution is -2.58. The Kier molecular flexibility index (Phi) is 6.03. The number of halogens is 1. The van der Waals surface area contributed by atoms with Crippen molar-refractivity contribution in [3.8, 4) is 5.75 Å². The minimum Gasteiger partial charge on any atom is -0.495 e. The highest BCUT2D eigenvalue weighted by Crippen LogP contribution is 2.51. The van der Waals surface area contributed by atoms with E-state index in [0.717, 1.165) is 57.8 Å². The molecule has 3 heterocycles. The number of carbonyl (C=O) groups excluding carboxylic acids is 1. The zero-order valence-corrected chi connectivity index (χ0v) is 20.2. The van der Waals surface area contributed by atoms with E-state index in [1.807, 2.05) is 0 Å². The number of rotatable bonds is 3. The third-order valence-corrected chi connectivity index (χ3v) is 8.08. The van der Waals surface area contributed by atoms with Gasteiger partial charge in [0.1, 0.15) is 24.1 Å². The van der Waals surface area contributed by atoms with Crippen LogP contribution in [0.25, 0.3) is 0 Å². The first-order valence-corrected chi connectivity index (χ1v) is 12.9. The maximum atomic E-state index is 13.5. The number of fused-ring (bicyclic) bond motifs is 3. The molecule has 0 aromatic heterocycles. The fraction of sp³-hybridized carbons (Fsp3) is 0.720. The third kappa shape index (κ3) is 4.02. The highest BCUT2D eigenvalue weighted by molar-refractivity contribution is 6.32. The largest absolute Gasteiger partial charge is 0.495 e. The maximum absolute atomic E-state index is 13.5. The van der Waals surface area contributed by atoms with Crippen LogP contribution >= 0.6 is 11.6 Å². The molecule has 0 unspecified atom stereocenters. The topological polar surface area (TPSA) is 84.5 Å². The second kappa shape index (κ2) is 8.91. The molecular formula is C25H32ClNO7. The normalized spacial score (nSPS) is 35.6. The van der Waals surface area contributed by atoms with Gasteiger partial charge in [0.15, 0.2) is 24.0 Å². The molecule has 2 spiro atoms. The van der Waals surface area contributed by atoms with Gasteiger partial charge in [0.2, 0.25) is 0 Å². The molecule has 3 aliphatic heterocycles. The molecule has 8 nitrogen and oxygen atoms in total. The van der Waals surface area contributed by atoms with Gasteiger partial charge in [0.25, 0.3) is 5.91 Å². The van der Waals surface area contributed by atoms with Crippen LogP contribution in [0.15, 0.2) is 18.2 Å². The quantitative estimate of drug-likeness (QED) is 0.662. The van der Waals surface area contributed by atoms with E-state index in [4.69, 9.17) is 40.0 Å². The molecule has 5 aliphatic rings. The van der Waals surface area contributed by atoms with Crippen molar-refractivity contribution in [2.45, 2.75) is 106 Å². The third-order valence-electron chi connectivity index (χ3n) is 7.79. The summed E-state index contributed by atoms with van der Waals surface area (Å²) in [6.07, 6.45) is 6.83. The molecule has 1 amide bonds. The molecule has 9 heteroatoms. The van der Waals surface area contributed by atoms with E-state index < -0.39 is 42.3 Å². The van der Waals surface area contributed by atoms with E-state index in [9.17, 15) is 4.79 Å². The minimum absolute atomic E-state index is 0.320. The van der Waals surface area contributed by atoms with Crippen molar-refractivity contribution >= 4 is 23.2 Å². The fourth-order valence-corrected chi connectivity index (χ4v) is 6.38. The molecule has 34 heavy (non-hydrogen) atoms. The Morgan fingerprint density at radius 3 is 2.18 bits per heavy atom. The highest BCUT2D eigenvalue weighted by atomic mass is 35.5. The van der Waals surface area contributed by atoms with Crippen LogP contribution in [0, 0.1) is 0 Å². The van der Waals surface area contributed by atoms with Crippen LogP contribution in [-0.2, 0) is 28.5 Å². The molecular weight excluding hydrogens is 462 g/mol. The van der Waals surface area contributed by atoms with Crippen molar-refractivity contribution in [2.24, 2.45) is 0 Å². The SMILES string of the molecule is COc1ccc(NC(=O)[C@@H]2O[C@@H]3OC4(CCCCC4)O[C@@H]3[C@H]3OC4(CCCCC4)O[C@H]32)cc1Cl. The summed E-state index contributed by atoms with van der Waals surface area (Å²) in [5, 5.41) is 3.34. The number of amides is 1. The Balaban J connectivity index is 1.26. The van der Waals surface area contributed by atoms with Crippen molar-refractivity contribution in [1.29, 1.82) is 0 Å². The Labute approximate surface area is 204 Å². The summed E-state index contributed by atoms with van der Waals surface area (Å²) >= 11 is 6.25. The number of methoxy groups -OCH3 is 1. The number of nitrogens with one attached hydrogen (secondary N) is 1. The van der Waals surface area contributed by atoms with Crippen LogP contribution in [0.1, 0.15) is 64.2 Å². The Bertz CT molecular complexity index is 930. The van der Waals surface area contributed by atoms with E-state index in [2.05, 4.69) is 5.32 Å². The Hall–Kier alpha value is -1.42. The molecule has 6 rings (SSSR count). The van der Waals surface area contributed by atoms with Crippen LogP contribution < -0.4 is 10.1 Å². The van der Waals surface area contributed by atoms with Gasteiger partial charge in [-0.1, -0.05) is 24.4 Å². The Morgan fingerprint density at radius 1 is 0.912 bits per heavy atom. The van der Waals surface area contributed by atoms with Gasteiger partial charge in [-0.15, -0.1) is 0 Å². The summed E-state index contributed by atoms with van der Waals surface area (Å²) in [5.74, 6) is -1.12. The lowest BCUT2D eigenvalue weighted by atomic mass is 9.94. The Morgan fingerprint density at radius 2 is 1.53 bits per heavy atom. The average molecular weight is 494 g/mol. The van der Waals surface area contributed by atoms with Crippen molar-refractivity contribution in [2.75, 3.05) is 12.4 Å². The molecule has 5 atom stereocenters. The second-order valence-electron chi connectivity index (χ2n) is 10.1. The molecule has 3 saturated heterocycles. The predicted octanol–water partition coefficient (Wildman–Crippen LogP) is 4.53. The lowest BCUT2D eigenvalue weighted by molar-refractivity contribution is -0.246. The summed E-state index contributed by atoms with van der Waals surface area (Å²) in [5.41, 5.74) is 0.553. The number of carbonyl (C=O) groups is 1. The van der Waals surface area contributed by atoms with Gasteiger partial charge in [-0.3, -0.25) is 4.79 Å². The smallest absolute Gasteiger partial charge is 0.256 e.